The Balaban J connectivity index is 1.75. The van der Waals surface area contributed by atoms with Gasteiger partial charge in [-0.15, -0.1) is 4.40 Å². The molecule has 3 aromatic carbocycles. The maximum atomic E-state index is 14.2. The Morgan fingerprint density at radius 1 is 0.938 bits per heavy atom. The molecule has 0 aliphatic heterocycles. The quantitative estimate of drug-likeness (QED) is 0.431. The smallest absolute Gasteiger partial charge is 0.285 e. The van der Waals surface area contributed by atoms with Crippen molar-refractivity contribution in [2.24, 2.45) is 10.3 Å². The van der Waals surface area contributed by atoms with Gasteiger partial charge in [0.25, 0.3) is 10.0 Å². The van der Waals surface area contributed by atoms with Crippen LogP contribution in [-0.4, -0.2) is 17.6 Å². The molecule has 0 atom stereocenters. The molecule has 32 heavy (non-hydrogen) atoms. The summed E-state index contributed by atoms with van der Waals surface area (Å²) in [6.07, 6.45) is 2.25. The molecule has 1 heterocycles. The van der Waals surface area contributed by atoms with E-state index in [1.54, 1.807) is 43.3 Å². The van der Waals surface area contributed by atoms with Gasteiger partial charge in [-0.1, -0.05) is 42.5 Å². The first kappa shape index (κ1) is 20.7. The van der Waals surface area contributed by atoms with Crippen molar-refractivity contribution in [3.05, 3.63) is 95.4 Å². The van der Waals surface area contributed by atoms with Crippen LogP contribution in [0.3, 0.4) is 0 Å². The highest BCUT2D eigenvalue weighted by Crippen LogP contribution is 2.31. The van der Waals surface area contributed by atoms with E-state index in [4.69, 9.17) is 0 Å². The van der Waals surface area contributed by atoms with E-state index in [0.29, 0.717) is 30.2 Å². The average molecular weight is 450 g/mol. The number of halogens is 1. The van der Waals surface area contributed by atoms with Gasteiger partial charge in [0.2, 0.25) is 5.62 Å². The van der Waals surface area contributed by atoms with Crippen LogP contribution in [0.5, 0.6) is 0 Å². The normalized spacial score (nSPS) is 14.9. The van der Waals surface area contributed by atoms with Crippen molar-refractivity contribution in [2.75, 3.05) is 0 Å². The van der Waals surface area contributed by atoms with Crippen LogP contribution < -0.4 is 5.62 Å². The molecule has 0 radical (unpaired) electrons. The van der Waals surface area contributed by atoms with Crippen LogP contribution in [0.4, 0.5) is 4.39 Å². The molecule has 0 saturated heterocycles. The molecule has 5 nitrogen and oxygen atoms in total. The van der Waals surface area contributed by atoms with E-state index in [0.717, 1.165) is 29.4 Å². The lowest BCUT2D eigenvalue weighted by molar-refractivity contribution is 0.573. The summed E-state index contributed by atoms with van der Waals surface area (Å²) in [6.45, 7) is 2.75. The van der Waals surface area contributed by atoms with Crippen LogP contribution in [-0.2, 0) is 23.1 Å². The highest BCUT2D eigenvalue weighted by Gasteiger charge is 2.25. The minimum Gasteiger partial charge on any atom is -0.309 e. The van der Waals surface area contributed by atoms with Crippen LogP contribution in [0.1, 0.15) is 24.0 Å². The maximum Gasteiger partial charge on any atom is 0.285 e. The van der Waals surface area contributed by atoms with Crippen LogP contribution in [0.25, 0.3) is 11.0 Å². The third-order valence-corrected chi connectivity index (χ3v) is 7.18. The first-order valence-electron chi connectivity index (χ1n) is 10.7. The second kappa shape index (κ2) is 8.06. The van der Waals surface area contributed by atoms with Crippen LogP contribution >= 0.6 is 0 Å². The third-order valence-electron chi connectivity index (χ3n) is 5.90. The molecule has 164 valence electrons. The van der Waals surface area contributed by atoms with Crippen molar-refractivity contribution in [2.45, 2.75) is 37.8 Å². The van der Waals surface area contributed by atoms with Crippen molar-refractivity contribution < 1.29 is 12.8 Å². The number of fused-ring (bicyclic) bond motifs is 1. The van der Waals surface area contributed by atoms with Crippen LogP contribution in [0.15, 0.2) is 82.1 Å². The zero-order valence-electron chi connectivity index (χ0n) is 17.8. The molecule has 5 rings (SSSR count). The molecule has 1 fully saturated rings. The van der Waals surface area contributed by atoms with Gasteiger partial charge in [0, 0.05) is 6.54 Å². The molecule has 0 N–H and O–H groups in total. The van der Waals surface area contributed by atoms with Gasteiger partial charge in [-0.2, -0.15) is 8.42 Å². The van der Waals surface area contributed by atoms with Crippen molar-refractivity contribution in [1.82, 2.24) is 9.13 Å². The third kappa shape index (κ3) is 4.00. The molecule has 0 amide bonds. The van der Waals surface area contributed by atoms with E-state index in [1.165, 1.54) is 6.07 Å². The number of hydrogen-bond acceptors (Lipinski definition) is 2. The average Bonchev–Trinajstić information content (AvgIpc) is 3.57. The molecular formula is C25H24FN3O2S. The molecule has 4 aromatic rings. The molecular weight excluding hydrogens is 425 g/mol. The highest BCUT2D eigenvalue weighted by atomic mass is 32.2. The van der Waals surface area contributed by atoms with E-state index in [-0.39, 0.29) is 10.7 Å². The van der Waals surface area contributed by atoms with Gasteiger partial charge in [0.1, 0.15) is 5.82 Å². The summed E-state index contributed by atoms with van der Waals surface area (Å²) < 4.78 is 48.8. The second-order valence-electron chi connectivity index (χ2n) is 8.39. The predicted molar refractivity (Wildman–Crippen MR) is 122 cm³/mol. The summed E-state index contributed by atoms with van der Waals surface area (Å²) in [5.74, 6) is 0.240. The summed E-state index contributed by atoms with van der Waals surface area (Å²) >= 11 is 0. The molecule has 1 aliphatic carbocycles. The fourth-order valence-electron chi connectivity index (χ4n) is 3.94. The van der Waals surface area contributed by atoms with E-state index in [1.807, 2.05) is 39.5 Å². The van der Waals surface area contributed by atoms with E-state index < -0.39 is 10.0 Å². The monoisotopic (exact) mass is 449 g/mol. The number of aryl methyl sites for hydroxylation is 1. The standard InChI is InChI=1S/C25H24FN3O2S/c1-18-11-12-20(15-22(18)26)17-29-24-10-6-5-9-23(24)28(16-19-13-14-19)25(29)27-32(30,31)21-7-3-2-4-8-21/h2-12,15,19H,13-14,16-17H2,1H3/b27-25-. The van der Waals surface area contributed by atoms with Gasteiger partial charge in [-0.3, -0.25) is 0 Å². The number of sulfonamides is 1. The fraction of sp³-hybridized carbons (Fsp3) is 0.240. The summed E-state index contributed by atoms with van der Waals surface area (Å²) in [4.78, 5) is 0.149. The molecule has 0 spiro atoms. The topological polar surface area (TPSA) is 56.4 Å². The van der Waals surface area contributed by atoms with Gasteiger partial charge in [-0.25, -0.2) is 4.39 Å². The van der Waals surface area contributed by atoms with Gasteiger partial charge >= 0.3 is 0 Å². The van der Waals surface area contributed by atoms with Gasteiger partial charge in [0.05, 0.1) is 22.5 Å². The minimum atomic E-state index is -3.92. The molecule has 0 unspecified atom stereocenters. The zero-order chi connectivity index (χ0) is 22.3. The molecule has 0 bridgehead atoms. The number of hydrogen-bond donors (Lipinski definition) is 0. The summed E-state index contributed by atoms with van der Waals surface area (Å²) in [6, 6.07) is 21.2. The van der Waals surface area contributed by atoms with Gasteiger partial charge in [-0.05, 0) is 67.1 Å². The van der Waals surface area contributed by atoms with E-state index in [9.17, 15) is 12.8 Å². The van der Waals surface area contributed by atoms with E-state index >= 15 is 0 Å². The van der Waals surface area contributed by atoms with Crippen molar-refractivity contribution in [3.8, 4) is 0 Å². The molecule has 1 aliphatic rings. The molecule has 1 aromatic heterocycles. The second-order valence-corrected chi connectivity index (χ2v) is 10.00. The minimum absolute atomic E-state index is 0.149. The van der Waals surface area contributed by atoms with Crippen molar-refractivity contribution in [3.63, 3.8) is 0 Å². The largest absolute Gasteiger partial charge is 0.309 e. The summed E-state index contributed by atoms with van der Waals surface area (Å²) in [5, 5.41) is 0. The lowest BCUT2D eigenvalue weighted by atomic mass is 10.1. The highest BCUT2D eigenvalue weighted by molar-refractivity contribution is 7.90. The Morgan fingerprint density at radius 3 is 2.25 bits per heavy atom. The molecule has 7 heteroatoms. The molecule has 1 saturated carbocycles. The van der Waals surface area contributed by atoms with Crippen LogP contribution in [0.2, 0.25) is 0 Å². The maximum absolute atomic E-state index is 14.2. The van der Waals surface area contributed by atoms with Gasteiger partial charge < -0.3 is 9.13 Å². The van der Waals surface area contributed by atoms with Gasteiger partial charge in [0.15, 0.2) is 0 Å². The Hall–Kier alpha value is -3.19. The number of imidazole rings is 1. The number of benzene rings is 3. The number of nitrogens with zero attached hydrogens (tertiary/aromatic N) is 3. The predicted octanol–water partition coefficient (Wildman–Crippen LogP) is 4.64. The van der Waals surface area contributed by atoms with E-state index in [2.05, 4.69) is 4.40 Å². The fourth-order valence-corrected chi connectivity index (χ4v) is 4.96. The number of para-hydroxylation sites is 2. The van der Waals surface area contributed by atoms with Crippen molar-refractivity contribution in [1.29, 1.82) is 0 Å². The van der Waals surface area contributed by atoms with Crippen LogP contribution in [0, 0.1) is 18.7 Å². The zero-order valence-corrected chi connectivity index (χ0v) is 18.6. The lowest BCUT2D eigenvalue weighted by Gasteiger charge is -2.08. The first-order valence-corrected chi connectivity index (χ1v) is 12.2. The first-order chi connectivity index (χ1) is 15.4. The lowest BCUT2D eigenvalue weighted by Crippen LogP contribution is -2.29. The SMILES string of the molecule is Cc1ccc(Cn2/c(=N\S(=O)(=O)c3ccccc3)n(CC3CC3)c3ccccc32)cc1F. The van der Waals surface area contributed by atoms with Crippen molar-refractivity contribution >= 4 is 21.1 Å². The Bertz CT molecular complexity index is 1470. The number of aromatic nitrogens is 2. The summed E-state index contributed by atoms with van der Waals surface area (Å²) in [7, 11) is -3.92. The Labute approximate surface area is 186 Å². The Kier molecular flexibility index (Phi) is 5.21. The Morgan fingerprint density at radius 2 is 1.59 bits per heavy atom. The summed E-state index contributed by atoms with van der Waals surface area (Å²) in [5.41, 5.74) is 3.49. The number of rotatable bonds is 6.